The van der Waals surface area contributed by atoms with Gasteiger partial charge in [-0.05, 0) is 24.0 Å². The summed E-state index contributed by atoms with van der Waals surface area (Å²) in [7, 11) is -3.93. The molecule has 1 aromatic rings. The Hall–Kier alpha value is -0.0400. The molecule has 0 radical (unpaired) electrons. The summed E-state index contributed by atoms with van der Waals surface area (Å²) in [5.41, 5.74) is -0.374. The first-order chi connectivity index (χ1) is 9.49. The lowest BCUT2D eigenvalue weighted by Gasteiger charge is -2.31. The van der Waals surface area contributed by atoms with E-state index >= 15 is 0 Å². The third-order valence-electron chi connectivity index (χ3n) is 2.99. The quantitative estimate of drug-likeness (QED) is 0.825. The van der Waals surface area contributed by atoms with Crippen LogP contribution in [0.2, 0.25) is 15.1 Å². The number of sulfonamides is 1. The van der Waals surface area contributed by atoms with E-state index in [0.29, 0.717) is 0 Å². The number of halogens is 3. The van der Waals surface area contributed by atoms with Gasteiger partial charge in [-0.15, -0.1) is 0 Å². The average Bonchev–Trinajstić information content (AvgIpc) is 2.24. The summed E-state index contributed by atoms with van der Waals surface area (Å²) in [4.78, 5) is -0.206. The van der Waals surface area contributed by atoms with Gasteiger partial charge in [0.25, 0.3) is 0 Å². The first-order valence-corrected chi connectivity index (χ1v) is 8.88. The van der Waals surface area contributed by atoms with Gasteiger partial charge in [-0.2, -0.15) is 0 Å². The maximum Gasteiger partial charge on any atom is 0.243 e. The summed E-state index contributed by atoms with van der Waals surface area (Å²) in [6.07, 6.45) is 0.283. The highest BCUT2D eigenvalue weighted by molar-refractivity contribution is 7.89. The Kier molecular flexibility index (Phi) is 6.36. The molecule has 2 N–H and O–H groups in total. The number of nitrogens with one attached hydrogen (secondary N) is 1. The number of aliphatic hydroxyl groups is 1. The third-order valence-corrected chi connectivity index (χ3v) is 5.60. The lowest BCUT2D eigenvalue weighted by atomic mass is 9.86. The molecule has 1 rings (SSSR count). The second kappa shape index (κ2) is 7.02. The van der Waals surface area contributed by atoms with Gasteiger partial charge in [0.1, 0.15) is 4.90 Å². The van der Waals surface area contributed by atoms with Crippen LogP contribution in [0.1, 0.15) is 27.2 Å². The van der Waals surface area contributed by atoms with Crippen LogP contribution in [-0.4, -0.2) is 26.2 Å². The second-order valence-electron chi connectivity index (χ2n) is 5.75. The average molecular weight is 375 g/mol. The predicted octanol–water partition coefficient (Wildman–Crippen LogP) is 3.72. The van der Waals surface area contributed by atoms with E-state index in [1.165, 1.54) is 12.1 Å². The van der Waals surface area contributed by atoms with Crippen LogP contribution in [0.25, 0.3) is 0 Å². The summed E-state index contributed by atoms with van der Waals surface area (Å²) in [5, 5.41) is 9.28. The van der Waals surface area contributed by atoms with Gasteiger partial charge in [0.05, 0.1) is 10.0 Å². The van der Waals surface area contributed by atoms with Crippen LogP contribution >= 0.6 is 34.8 Å². The zero-order valence-corrected chi connectivity index (χ0v) is 15.0. The summed E-state index contributed by atoms with van der Waals surface area (Å²) in [5.74, 6) is 0. The molecule has 1 unspecified atom stereocenters. The monoisotopic (exact) mass is 373 g/mol. The number of benzene rings is 1. The van der Waals surface area contributed by atoms with Crippen molar-refractivity contribution in [2.45, 2.75) is 38.1 Å². The lowest BCUT2D eigenvalue weighted by Crippen LogP contribution is -2.44. The van der Waals surface area contributed by atoms with Crippen molar-refractivity contribution in [1.29, 1.82) is 0 Å². The first-order valence-electron chi connectivity index (χ1n) is 6.27. The second-order valence-corrected chi connectivity index (χ2v) is 8.65. The SMILES string of the molecule is CC(C)(C)C(CCO)NS(=O)(=O)c1c(Cl)cc(Cl)cc1Cl. The minimum absolute atomic E-state index is 0.0448. The number of hydrogen-bond acceptors (Lipinski definition) is 3. The van der Waals surface area contributed by atoms with Gasteiger partial charge in [0, 0.05) is 17.7 Å². The lowest BCUT2D eigenvalue weighted by molar-refractivity contribution is 0.214. The summed E-state index contributed by atoms with van der Waals surface area (Å²) in [6.45, 7) is 5.50. The molecule has 0 saturated carbocycles. The molecule has 1 atom stereocenters. The molecule has 0 aliphatic carbocycles. The van der Waals surface area contributed by atoms with Crippen molar-refractivity contribution in [3.05, 3.63) is 27.2 Å². The van der Waals surface area contributed by atoms with Gasteiger partial charge < -0.3 is 5.11 Å². The van der Waals surface area contributed by atoms with Gasteiger partial charge in [0.15, 0.2) is 0 Å². The molecule has 0 bridgehead atoms. The minimum Gasteiger partial charge on any atom is -0.396 e. The standard InChI is InChI=1S/C13H18Cl3NO3S/c1-13(2,3)11(4-5-18)17-21(19,20)12-9(15)6-8(14)7-10(12)16/h6-7,11,17-18H,4-5H2,1-3H3. The van der Waals surface area contributed by atoms with E-state index in [2.05, 4.69) is 4.72 Å². The zero-order valence-electron chi connectivity index (χ0n) is 12.0. The fourth-order valence-corrected chi connectivity index (χ4v) is 4.85. The fraction of sp³-hybridized carbons (Fsp3) is 0.538. The highest BCUT2D eigenvalue weighted by Crippen LogP contribution is 2.33. The molecule has 0 aromatic heterocycles. The molecule has 0 spiro atoms. The molecule has 8 heteroatoms. The number of hydrogen-bond donors (Lipinski definition) is 2. The Balaban J connectivity index is 3.23. The topological polar surface area (TPSA) is 66.4 Å². The van der Waals surface area contributed by atoms with E-state index in [9.17, 15) is 8.42 Å². The molecule has 0 fully saturated rings. The molecule has 0 saturated heterocycles. The summed E-state index contributed by atoms with van der Waals surface area (Å²) in [6, 6.07) is 2.18. The van der Waals surface area contributed by atoms with Crippen molar-refractivity contribution in [2.24, 2.45) is 5.41 Å². The normalized spacial score (nSPS) is 14.2. The van der Waals surface area contributed by atoms with E-state index in [-0.39, 0.29) is 38.4 Å². The molecular formula is C13H18Cl3NO3S. The minimum atomic E-state index is -3.93. The highest BCUT2D eigenvalue weighted by Gasteiger charge is 2.31. The van der Waals surface area contributed by atoms with Crippen LogP contribution in [0.15, 0.2) is 17.0 Å². The Bertz CT molecular complexity index is 589. The van der Waals surface area contributed by atoms with Crippen LogP contribution in [-0.2, 0) is 10.0 Å². The van der Waals surface area contributed by atoms with Crippen LogP contribution in [0, 0.1) is 5.41 Å². The van der Waals surface area contributed by atoms with Crippen molar-refractivity contribution in [3.8, 4) is 0 Å². The Morgan fingerprint density at radius 3 is 2.05 bits per heavy atom. The Morgan fingerprint density at radius 2 is 1.67 bits per heavy atom. The van der Waals surface area contributed by atoms with Crippen LogP contribution in [0.3, 0.4) is 0 Å². The maximum atomic E-state index is 12.5. The van der Waals surface area contributed by atoms with Crippen molar-refractivity contribution in [1.82, 2.24) is 4.72 Å². The van der Waals surface area contributed by atoms with E-state index in [0.717, 1.165) is 0 Å². The van der Waals surface area contributed by atoms with Gasteiger partial charge in [-0.3, -0.25) is 0 Å². The zero-order chi connectivity index (χ0) is 16.4. The van der Waals surface area contributed by atoms with E-state index in [1.807, 2.05) is 20.8 Å². The molecular weight excluding hydrogens is 357 g/mol. The largest absolute Gasteiger partial charge is 0.396 e. The maximum absolute atomic E-state index is 12.5. The first kappa shape index (κ1) is 19.0. The fourth-order valence-electron chi connectivity index (χ4n) is 1.83. The predicted molar refractivity (Wildman–Crippen MR) is 86.7 cm³/mol. The molecule has 0 amide bonds. The van der Waals surface area contributed by atoms with Gasteiger partial charge in [-0.1, -0.05) is 55.6 Å². The van der Waals surface area contributed by atoms with Gasteiger partial charge >= 0.3 is 0 Å². The van der Waals surface area contributed by atoms with Crippen molar-refractivity contribution in [2.75, 3.05) is 6.61 Å². The van der Waals surface area contributed by atoms with Gasteiger partial charge in [-0.25, -0.2) is 13.1 Å². The Morgan fingerprint density at radius 1 is 1.19 bits per heavy atom. The molecule has 0 heterocycles. The van der Waals surface area contributed by atoms with E-state index < -0.39 is 16.1 Å². The molecule has 0 aliphatic rings. The molecule has 0 aliphatic heterocycles. The molecule has 21 heavy (non-hydrogen) atoms. The summed E-state index contributed by atoms with van der Waals surface area (Å²) < 4.78 is 27.6. The molecule has 1 aromatic carbocycles. The number of aliphatic hydroxyl groups excluding tert-OH is 1. The van der Waals surface area contributed by atoms with Crippen molar-refractivity contribution >= 4 is 44.8 Å². The van der Waals surface area contributed by atoms with Gasteiger partial charge in [0.2, 0.25) is 10.0 Å². The highest BCUT2D eigenvalue weighted by atomic mass is 35.5. The molecule has 120 valence electrons. The van der Waals surface area contributed by atoms with Crippen LogP contribution in [0.5, 0.6) is 0 Å². The Labute approximate surface area is 140 Å². The van der Waals surface area contributed by atoms with Crippen LogP contribution < -0.4 is 4.72 Å². The molecule has 4 nitrogen and oxygen atoms in total. The number of rotatable bonds is 5. The smallest absolute Gasteiger partial charge is 0.243 e. The van der Waals surface area contributed by atoms with E-state index in [4.69, 9.17) is 39.9 Å². The van der Waals surface area contributed by atoms with Crippen LogP contribution in [0.4, 0.5) is 0 Å². The summed E-state index contributed by atoms with van der Waals surface area (Å²) >= 11 is 17.7. The third kappa shape index (κ3) is 4.98. The van der Waals surface area contributed by atoms with E-state index in [1.54, 1.807) is 0 Å². The van der Waals surface area contributed by atoms with Crippen molar-refractivity contribution < 1.29 is 13.5 Å². The van der Waals surface area contributed by atoms with Crippen molar-refractivity contribution in [3.63, 3.8) is 0 Å².